The summed E-state index contributed by atoms with van der Waals surface area (Å²) in [5, 5.41) is 3.78. The molecule has 1 aliphatic carbocycles. The zero-order valence-corrected chi connectivity index (χ0v) is 12.8. The van der Waals surface area contributed by atoms with Crippen LogP contribution in [0, 0.1) is 5.92 Å². The summed E-state index contributed by atoms with van der Waals surface area (Å²) in [4.78, 5) is 2.86. The zero-order valence-electron chi connectivity index (χ0n) is 12.8. The largest absolute Gasteiger partial charge is 0.309 e. The summed E-state index contributed by atoms with van der Waals surface area (Å²) in [5.74, 6) is 0.934. The third-order valence-electron chi connectivity index (χ3n) is 5.39. The Morgan fingerprint density at radius 1 is 1.28 bits per heavy atom. The average molecular weight is 252 g/mol. The first-order valence-corrected chi connectivity index (χ1v) is 8.08. The molecular weight excluding hydrogens is 220 g/mol. The molecule has 0 radical (unpaired) electrons. The summed E-state index contributed by atoms with van der Waals surface area (Å²) in [5.41, 5.74) is 0.340. The molecule has 0 aromatic rings. The number of rotatable bonds is 3. The smallest absolute Gasteiger partial charge is 0.0278 e. The molecule has 1 heterocycles. The molecule has 1 saturated heterocycles. The molecule has 2 aliphatic rings. The van der Waals surface area contributed by atoms with Crippen LogP contribution in [0.4, 0.5) is 0 Å². The Bertz CT molecular complexity index is 266. The van der Waals surface area contributed by atoms with Crippen molar-refractivity contribution in [1.29, 1.82) is 0 Å². The molecule has 0 spiro atoms. The first-order chi connectivity index (χ1) is 8.58. The van der Waals surface area contributed by atoms with Gasteiger partial charge in [0.25, 0.3) is 0 Å². The Labute approximate surface area is 114 Å². The molecule has 1 aliphatic heterocycles. The second kappa shape index (κ2) is 5.92. The standard InChI is InChI=1S/C16H32N2/c1-5-14-11-17-16(4,6-2)12-18(14)15-9-7-8-13(3)10-15/h13-15,17H,5-12H2,1-4H3. The summed E-state index contributed by atoms with van der Waals surface area (Å²) in [6, 6.07) is 1.62. The van der Waals surface area contributed by atoms with E-state index >= 15 is 0 Å². The van der Waals surface area contributed by atoms with E-state index in [0.29, 0.717) is 5.54 Å². The zero-order chi connectivity index (χ0) is 13.2. The Hall–Kier alpha value is -0.0800. The minimum absolute atomic E-state index is 0.340. The molecule has 1 saturated carbocycles. The van der Waals surface area contributed by atoms with E-state index in [-0.39, 0.29) is 0 Å². The van der Waals surface area contributed by atoms with Crippen LogP contribution in [0.5, 0.6) is 0 Å². The van der Waals surface area contributed by atoms with Gasteiger partial charge in [-0.3, -0.25) is 4.90 Å². The van der Waals surface area contributed by atoms with Crippen molar-refractivity contribution >= 4 is 0 Å². The van der Waals surface area contributed by atoms with Crippen molar-refractivity contribution in [2.75, 3.05) is 13.1 Å². The predicted molar refractivity (Wildman–Crippen MR) is 78.9 cm³/mol. The second-order valence-electron chi connectivity index (χ2n) is 6.96. The van der Waals surface area contributed by atoms with Gasteiger partial charge in [-0.2, -0.15) is 0 Å². The van der Waals surface area contributed by atoms with Gasteiger partial charge in [0.15, 0.2) is 0 Å². The molecule has 106 valence electrons. The van der Waals surface area contributed by atoms with Crippen molar-refractivity contribution < 1.29 is 0 Å². The van der Waals surface area contributed by atoms with Crippen LogP contribution in [0.2, 0.25) is 0 Å². The minimum Gasteiger partial charge on any atom is -0.309 e. The van der Waals surface area contributed by atoms with Crippen LogP contribution in [0.1, 0.15) is 66.2 Å². The van der Waals surface area contributed by atoms with Crippen molar-refractivity contribution in [2.45, 2.75) is 83.8 Å². The van der Waals surface area contributed by atoms with Gasteiger partial charge in [0.1, 0.15) is 0 Å². The fourth-order valence-corrected chi connectivity index (χ4v) is 3.82. The van der Waals surface area contributed by atoms with Gasteiger partial charge in [0, 0.05) is 30.7 Å². The van der Waals surface area contributed by atoms with Crippen LogP contribution in [0.25, 0.3) is 0 Å². The van der Waals surface area contributed by atoms with Crippen LogP contribution >= 0.6 is 0 Å². The topological polar surface area (TPSA) is 15.3 Å². The average Bonchev–Trinajstić information content (AvgIpc) is 2.39. The number of hydrogen-bond donors (Lipinski definition) is 1. The first-order valence-electron chi connectivity index (χ1n) is 8.08. The molecular formula is C16H32N2. The van der Waals surface area contributed by atoms with Gasteiger partial charge in [-0.15, -0.1) is 0 Å². The molecule has 4 atom stereocenters. The molecule has 1 N–H and O–H groups in total. The number of piperazine rings is 1. The second-order valence-corrected chi connectivity index (χ2v) is 6.96. The predicted octanol–water partition coefficient (Wildman–Crippen LogP) is 3.42. The lowest BCUT2D eigenvalue weighted by Crippen LogP contribution is -2.65. The van der Waals surface area contributed by atoms with Crippen molar-refractivity contribution in [1.82, 2.24) is 10.2 Å². The quantitative estimate of drug-likeness (QED) is 0.828. The van der Waals surface area contributed by atoms with Crippen LogP contribution in [0.15, 0.2) is 0 Å². The van der Waals surface area contributed by atoms with E-state index < -0.39 is 0 Å². The summed E-state index contributed by atoms with van der Waals surface area (Å²) in [6.45, 7) is 11.9. The molecule has 2 rings (SSSR count). The molecule has 0 bridgehead atoms. The van der Waals surface area contributed by atoms with Crippen molar-refractivity contribution in [2.24, 2.45) is 5.92 Å². The van der Waals surface area contributed by atoms with Crippen LogP contribution in [-0.4, -0.2) is 35.6 Å². The van der Waals surface area contributed by atoms with E-state index in [1.165, 1.54) is 51.6 Å². The summed E-state index contributed by atoms with van der Waals surface area (Å²) >= 11 is 0. The molecule has 2 heteroatoms. The van der Waals surface area contributed by atoms with Gasteiger partial charge >= 0.3 is 0 Å². The van der Waals surface area contributed by atoms with Gasteiger partial charge < -0.3 is 5.32 Å². The monoisotopic (exact) mass is 252 g/mol. The minimum atomic E-state index is 0.340. The third-order valence-corrected chi connectivity index (χ3v) is 5.39. The highest BCUT2D eigenvalue weighted by Gasteiger charge is 2.38. The third kappa shape index (κ3) is 3.08. The fourth-order valence-electron chi connectivity index (χ4n) is 3.82. The summed E-state index contributed by atoms with van der Waals surface area (Å²) in [6.07, 6.45) is 8.27. The maximum Gasteiger partial charge on any atom is 0.0278 e. The van der Waals surface area contributed by atoms with Crippen molar-refractivity contribution in [3.8, 4) is 0 Å². The lowest BCUT2D eigenvalue weighted by atomic mass is 9.83. The highest BCUT2D eigenvalue weighted by molar-refractivity contribution is 4.97. The number of nitrogens with zero attached hydrogens (tertiary/aromatic N) is 1. The molecule has 0 amide bonds. The molecule has 4 unspecified atom stereocenters. The summed E-state index contributed by atoms with van der Waals surface area (Å²) < 4.78 is 0. The van der Waals surface area contributed by atoms with Gasteiger partial charge in [-0.25, -0.2) is 0 Å². The van der Waals surface area contributed by atoms with Crippen molar-refractivity contribution in [3.63, 3.8) is 0 Å². The molecule has 2 nitrogen and oxygen atoms in total. The normalized spacial score (nSPS) is 43.0. The Morgan fingerprint density at radius 3 is 2.67 bits per heavy atom. The van der Waals surface area contributed by atoms with Gasteiger partial charge in [-0.1, -0.05) is 33.6 Å². The Balaban J connectivity index is 2.05. The van der Waals surface area contributed by atoms with Crippen LogP contribution in [0.3, 0.4) is 0 Å². The van der Waals surface area contributed by atoms with E-state index in [0.717, 1.165) is 18.0 Å². The molecule has 0 aromatic heterocycles. The lowest BCUT2D eigenvalue weighted by molar-refractivity contribution is 0.0215. The number of hydrogen-bond acceptors (Lipinski definition) is 2. The van der Waals surface area contributed by atoms with Gasteiger partial charge in [0.2, 0.25) is 0 Å². The van der Waals surface area contributed by atoms with E-state index in [9.17, 15) is 0 Å². The maximum absolute atomic E-state index is 3.78. The van der Waals surface area contributed by atoms with E-state index in [1.54, 1.807) is 0 Å². The lowest BCUT2D eigenvalue weighted by Gasteiger charge is -2.50. The van der Waals surface area contributed by atoms with Crippen molar-refractivity contribution in [3.05, 3.63) is 0 Å². The maximum atomic E-state index is 3.78. The fraction of sp³-hybridized carbons (Fsp3) is 1.00. The first kappa shape index (κ1) is 14.3. The molecule has 18 heavy (non-hydrogen) atoms. The van der Waals surface area contributed by atoms with Gasteiger partial charge in [0.05, 0.1) is 0 Å². The van der Waals surface area contributed by atoms with Crippen LogP contribution in [-0.2, 0) is 0 Å². The van der Waals surface area contributed by atoms with E-state index in [4.69, 9.17) is 0 Å². The Kier molecular flexibility index (Phi) is 4.71. The summed E-state index contributed by atoms with van der Waals surface area (Å²) in [7, 11) is 0. The Morgan fingerprint density at radius 2 is 2.06 bits per heavy atom. The molecule has 0 aromatic carbocycles. The SMILES string of the molecule is CCC1CNC(C)(CC)CN1C1CCCC(C)C1. The van der Waals surface area contributed by atoms with E-state index in [1.807, 2.05) is 0 Å². The highest BCUT2D eigenvalue weighted by Crippen LogP contribution is 2.32. The highest BCUT2D eigenvalue weighted by atomic mass is 15.3. The van der Waals surface area contributed by atoms with E-state index in [2.05, 4.69) is 37.9 Å². The van der Waals surface area contributed by atoms with Gasteiger partial charge in [-0.05, 0) is 38.5 Å². The molecule has 2 fully saturated rings. The van der Waals surface area contributed by atoms with Crippen LogP contribution < -0.4 is 5.32 Å². The number of nitrogens with one attached hydrogen (secondary N) is 1.